The monoisotopic (exact) mass is 406 g/mol. The largest absolute Gasteiger partial charge is 0.475 e. The van der Waals surface area contributed by atoms with E-state index >= 15 is 0 Å². The van der Waals surface area contributed by atoms with Crippen LogP contribution in [-0.4, -0.2) is 46.3 Å². The van der Waals surface area contributed by atoms with Gasteiger partial charge in [-0.1, -0.05) is 11.6 Å². The number of amides is 1. The average Bonchev–Trinajstić information content (AvgIpc) is 2.88. The van der Waals surface area contributed by atoms with Gasteiger partial charge in [0.1, 0.15) is 10.2 Å². The van der Waals surface area contributed by atoms with E-state index in [0.29, 0.717) is 24.3 Å². The third-order valence-corrected chi connectivity index (χ3v) is 4.25. The van der Waals surface area contributed by atoms with E-state index in [1.807, 2.05) is 20.8 Å². The maximum Gasteiger partial charge on any atom is 0.410 e. The lowest BCUT2D eigenvalue weighted by atomic mass is 10.1. The predicted octanol–water partition coefficient (Wildman–Crippen LogP) is 3.11. The number of nitrogen functional groups attached to an aromatic ring is 1. The van der Waals surface area contributed by atoms with Crippen LogP contribution >= 0.6 is 27.5 Å². The second-order valence-corrected chi connectivity index (χ2v) is 7.50. The van der Waals surface area contributed by atoms with Gasteiger partial charge in [-0.15, -0.1) is 0 Å². The van der Waals surface area contributed by atoms with Crippen LogP contribution in [0.4, 0.5) is 10.6 Å². The quantitative estimate of drug-likeness (QED) is 0.828. The zero-order valence-electron chi connectivity index (χ0n) is 13.3. The number of carbonyl (C=O) groups is 1. The smallest absolute Gasteiger partial charge is 0.410 e. The fourth-order valence-electron chi connectivity index (χ4n) is 2.16. The molecule has 1 amide bonds. The number of hydrogen-bond donors (Lipinski definition) is 1. The molecule has 0 saturated carbocycles. The Morgan fingerprint density at radius 2 is 2.17 bits per heavy atom. The Labute approximate surface area is 148 Å². The molecule has 1 fully saturated rings. The molecule has 1 aromatic heterocycles. The normalized spacial score (nSPS) is 18.1. The summed E-state index contributed by atoms with van der Waals surface area (Å²) in [5.41, 5.74) is 5.24. The van der Waals surface area contributed by atoms with Gasteiger partial charge >= 0.3 is 6.09 Å². The zero-order chi connectivity index (χ0) is 17.2. The highest BCUT2D eigenvalue weighted by molar-refractivity contribution is 9.10. The van der Waals surface area contributed by atoms with Crippen molar-refractivity contribution >= 4 is 39.4 Å². The van der Waals surface area contributed by atoms with Gasteiger partial charge in [0.05, 0.1) is 6.61 Å². The number of rotatable bonds is 3. The van der Waals surface area contributed by atoms with E-state index in [4.69, 9.17) is 26.8 Å². The molecule has 1 aliphatic rings. The molecule has 0 aliphatic carbocycles. The number of anilines is 1. The van der Waals surface area contributed by atoms with Crippen molar-refractivity contribution in [1.82, 2.24) is 14.9 Å². The molecule has 1 aromatic rings. The Hall–Kier alpha value is -1.28. The molecular formula is C14H20BrClN4O3. The molecule has 0 aromatic carbocycles. The molecule has 1 atom stereocenters. The van der Waals surface area contributed by atoms with Gasteiger partial charge < -0.3 is 20.1 Å². The van der Waals surface area contributed by atoms with Gasteiger partial charge in [-0.25, -0.2) is 9.78 Å². The van der Waals surface area contributed by atoms with Crippen LogP contribution in [0.3, 0.4) is 0 Å². The topological polar surface area (TPSA) is 90.6 Å². The Morgan fingerprint density at radius 3 is 2.83 bits per heavy atom. The minimum Gasteiger partial charge on any atom is -0.475 e. The lowest BCUT2D eigenvalue weighted by Gasteiger charge is -2.24. The van der Waals surface area contributed by atoms with E-state index < -0.39 is 5.60 Å². The molecule has 2 heterocycles. The van der Waals surface area contributed by atoms with Gasteiger partial charge in [-0.05, 0) is 43.1 Å². The summed E-state index contributed by atoms with van der Waals surface area (Å²) in [5, 5.41) is 0.187. The second-order valence-electron chi connectivity index (χ2n) is 6.39. The summed E-state index contributed by atoms with van der Waals surface area (Å²) < 4.78 is 11.4. The van der Waals surface area contributed by atoms with E-state index in [0.717, 1.165) is 6.42 Å². The van der Waals surface area contributed by atoms with Gasteiger partial charge in [0.2, 0.25) is 0 Å². The number of aromatic nitrogens is 2. The molecule has 2 N–H and O–H groups in total. The number of ether oxygens (including phenoxy) is 2. The molecule has 0 bridgehead atoms. The van der Waals surface area contributed by atoms with E-state index in [2.05, 4.69) is 25.9 Å². The van der Waals surface area contributed by atoms with Gasteiger partial charge in [0, 0.05) is 19.0 Å². The highest BCUT2D eigenvalue weighted by atomic mass is 79.9. The molecule has 0 spiro atoms. The summed E-state index contributed by atoms with van der Waals surface area (Å²) in [6.07, 6.45) is 0.537. The van der Waals surface area contributed by atoms with Crippen LogP contribution < -0.4 is 10.5 Å². The van der Waals surface area contributed by atoms with Crippen LogP contribution in [0, 0.1) is 5.92 Å². The molecule has 23 heavy (non-hydrogen) atoms. The van der Waals surface area contributed by atoms with Gasteiger partial charge in [-0.3, -0.25) is 0 Å². The van der Waals surface area contributed by atoms with Crippen LogP contribution in [0.25, 0.3) is 0 Å². The molecular weight excluding hydrogens is 388 g/mol. The number of carbonyl (C=O) groups excluding carboxylic acids is 1. The van der Waals surface area contributed by atoms with Crippen LogP contribution in [0.1, 0.15) is 27.2 Å². The van der Waals surface area contributed by atoms with Gasteiger partial charge in [-0.2, -0.15) is 4.98 Å². The molecule has 7 nitrogen and oxygen atoms in total. The second kappa shape index (κ2) is 7.09. The van der Waals surface area contributed by atoms with Crippen LogP contribution in [0.2, 0.25) is 5.15 Å². The van der Waals surface area contributed by atoms with Crippen molar-refractivity contribution in [3.05, 3.63) is 9.76 Å². The van der Waals surface area contributed by atoms with Crippen LogP contribution in [0.15, 0.2) is 4.60 Å². The van der Waals surface area contributed by atoms with Crippen molar-refractivity contribution in [2.24, 2.45) is 5.92 Å². The summed E-state index contributed by atoms with van der Waals surface area (Å²) >= 11 is 8.99. The zero-order valence-corrected chi connectivity index (χ0v) is 15.6. The van der Waals surface area contributed by atoms with E-state index in [1.165, 1.54) is 0 Å². The summed E-state index contributed by atoms with van der Waals surface area (Å²) in [4.78, 5) is 21.7. The summed E-state index contributed by atoms with van der Waals surface area (Å²) in [7, 11) is 0. The van der Waals surface area contributed by atoms with E-state index in [9.17, 15) is 4.79 Å². The summed E-state index contributed by atoms with van der Waals surface area (Å²) in [6, 6.07) is 0. The van der Waals surface area contributed by atoms with Crippen molar-refractivity contribution in [2.45, 2.75) is 32.8 Å². The maximum atomic E-state index is 12.0. The number of nitrogens with zero attached hydrogens (tertiary/aromatic N) is 3. The first-order chi connectivity index (χ1) is 10.7. The number of halogens is 2. The van der Waals surface area contributed by atoms with Crippen molar-refractivity contribution in [3.8, 4) is 5.88 Å². The van der Waals surface area contributed by atoms with Crippen LogP contribution in [0.5, 0.6) is 5.88 Å². The molecule has 2 rings (SSSR count). The molecule has 0 unspecified atom stereocenters. The summed E-state index contributed by atoms with van der Waals surface area (Å²) in [6.45, 7) is 7.17. The van der Waals surface area contributed by atoms with Gasteiger partial charge in [0.25, 0.3) is 5.88 Å². The molecule has 0 radical (unpaired) electrons. The lowest BCUT2D eigenvalue weighted by Crippen LogP contribution is -2.35. The fourth-order valence-corrected chi connectivity index (χ4v) is 2.54. The molecule has 1 aliphatic heterocycles. The molecule has 128 valence electrons. The first-order valence-corrected chi connectivity index (χ1v) is 8.42. The molecule has 1 saturated heterocycles. The van der Waals surface area contributed by atoms with Gasteiger partial charge in [0.15, 0.2) is 11.0 Å². The number of hydrogen-bond acceptors (Lipinski definition) is 6. The third-order valence-electron chi connectivity index (χ3n) is 3.20. The Morgan fingerprint density at radius 1 is 1.48 bits per heavy atom. The highest BCUT2D eigenvalue weighted by Crippen LogP contribution is 2.26. The lowest BCUT2D eigenvalue weighted by molar-refractivity contribution is 0.0284. The van der Waals surface area contributed by atoms with E-state index in [1.54, 1.807) is 4.90 Å². The van der Waals surface area contributed by atoms with Crippen molar-refractivity contribution in [1.29, 1.82) is 0 Å². The number of likely N-dealkylation sites (tertiary alicyclic amines) is 1. The fraction of sp³-hybridized carbons (Fsp3) is 0.643. The first-order valence-electron chi connectivity index (χ1n) is 7.25. The highest BCUT2D eigenvalue weighted by Gasteiger charge is 2.30. The van der Waals surface area contributed by atoms with Crippen molar-refractivity contribution in [2.75, 3.05) is 25.4 Å². The van der Waals surface area contributed by atoms with Crippen molar-refractivity contribution < 1.29 is 14.3 Å². The minimum absolute atomic E-state index is 0.139. The minimum atomic E-state index is -0.495. The Kier molecular flexibility index (Phi) is 5.57. The maximum absolute atomic E-state index is 12.0. The number of nitrogens with two attached hydrogens (primary N) is 1. The average molecular weight is 408 g/mol. The first kappa shape index (κ1) is 18.1. The predicted molar refractivity (Wildman–Crippen MR) is 90.6 cm³/mol. The van der Waals surface area contributed by atoms with Crippen molar-refractivity contribution in [3.63, 3.8) is 0 Å². The summed E-state index contributed by atoms with van der Waals surface area (Å²) in [5.74, 6) is 0.565. The SMILES string of the molecule is CC(C)(C)OC(=O)N1CC[C@@H](COc2nc(Br)c(Cl)nc2N)C1. The molecule has 9 heteroatoms. The Balaban J connectivity index is 1.87. The third kappa shape index (κ3) is 5.10. The Bertz CT molecular complexity index is 594. The standard InChI is InChI=1S/C14H20BrClN4O3/c1-14(2,3)23-13(21)20-5-4-8(6-20)7-22-12-11(17)19-10(16)9(15)18-12/h8H,4-7H2,1-3H3,(H2,17,19)/t8-/m1/s1. The van der Waals surface area contributed by atoms with E-state index in [-0.39, 0.29) is 28.9 Å². The van der Waals surface area contributed by atoms with Crippen LogP contribution in [-0.2, 0) is 4.74 Å².